The molecule has 0 aromatic heterocycles. The summed E-state index contributed by atoms with van der Waals surface area (Å²) in [5.74, 6) is 0.649. The zero-order valence-corrected chi connectivity index (χ0v) is 7.37. The molecule has 0 atom stereocenters. The highest BCUT2D eigenvalue weighted by atomic mass is 32.2. The molecule has 1 heterocycles. The molecule has 1 nitrogen and oxygen atoms in total. The predicted molar refractivity (Wildman–Crippen MR) is 50.0 cm³/mol. The van der Waals surface area contributed by atoms with Crippen LogP contribution in [0.4, 0.5) is 0 Å². The van der Waals surface area contributed by atoms with Gasteiger partial charge in [-0.3, -0.25) is 0 Å². The van der Waals surface area contributed by atoms with E-state index in [-0.39, 0.29) is 0 Å². The molecule has 0 unspecified atom stereocenters. The van der Waals surface area contributed by atoms with E-state index in [0.717, 1.165) is 5.56 Å². The summed E-state index contributed by atoms with van der Waals surface area (Å²) in [4.78, 5) is 1.23. The second kappa shape index (κ2) is 2.83. The Morgan fingerprint density at radius 3 is 3.00 bits per heavy atom. The third-order valence-corrected chi connectivity index (χ3v) is 2.75. The third kappa shape index (κ3) is 1.26. The van der Waals surface area contributed by atoms with Crippen molar-refractivity contribution >= 4 is 29.0 Å². The Balaban J connectivity index is 2.52. The average Bonchev–Trinajstić information content (AvgIpc) is 2.06. The standard InChI is InChI=1S/C8H6OS2/c10-8-6-3-1-2-4-7(6)11-5-9-8/h1-4H,5H2. The molecule has 0 saturated carbocycles. The Morgan fingerprint density at radius 1 is 1.36 bits per heavy atom. The van der Waals surface area contributed by atoms with Crippen LogP contribution in [0.5, 0.6) is 0 Å². The summed E-state index contributed by atoms with van der Waals surface area (Å²) in [5, 5.41) is 0.624. The zero-order chi connectivity index (χ0) is 7.68. The van der Waals surface area contributed by atoms with Gasteiger partial charge < -0.3 is 4.74 Å². The van der Waals surface area contributed by atoms with Crippen LogP contribution in [0.3, 0.4) is 0 Å². The lowest BCUT2D eigenvalue weighted by Crippen LogP contribution is -2.09. The van der Waals surface area contributed by atoms with Gasteiger partial charge in [-0.15, -0.1) is 0 Å². The molecule has 1 aliphatic heterocycles. The van der Waals surface area contributed by atoms with Gasteiger partial charge in [0.05, 0.1) is 0 Å². The monoisotopic (exact) mass is 182 g/mol. The first-order chi connectivity index (χ1) is 5.38. The van der Waals surface area contributed by atoms with Crippen molar-refractivity contribution in [1.82, 2.24) is 0 Å². The van der Waals surface area contributed by atoms with Gasteiger partial charge in [-0.05, 0) is 24.4 Å². The normalized spacial score (nSPS) is 15.5. The van der Waals surface area contributed by atoms with Crippen LogP contribution in [0.2, 0.25) is 0 Å². The van der Waals surface area contributed by atoms with E-state index in [1.807, 2.05) is 18.2 Å². The van der Waals surface area contributed by atoms with E-state index < -0.39 is 0 Å². The molecule has 0 amide bonds. The lowest BCUT2D eigenvalue weighted by atomic mass is 10.2. The fourth-order valence-corrected chi connectivity index (χ4v) is 2.16. The van der Waals surface area contributed by atoms with Gasteiger partial charge >= 0.3 is 0 Å². The molecule has 0 radical (unpaired) electrons. The van der Waals surface area contributed by atoms with Crippen LogP contribution in [0.1, 0.15) is 5.56 Å². The molecule has 1 aromatic carbocycles. The van der Waals surface area contributed by atoms with Crippen molar-refractivity contribution in [3.8, 4) is 0 Å². The van der Waals surface area contributed by atoms with Gasteiger partial charge in [0.25, 0.3) is 0 Å². The Hall–Kier alpha value is -0.540. The molecular formula is C8H6OS2. The molecule has 3 heteroatoms. The lowest BCUT2D eigenvalue weighted by molar-refractivity contribution is 0.388. The minimum Gasteiger partial charge on any atom is -0.472 e. The molecule has 1 aromatic rings. The molecule has 56 valence electrons. The summed E-state index contributed by atoms with van der Waals surface area (Å²) in [6.45, 7) is 0. The number of hydrogen-bond acceptors (Lipinski definition) is 3. The smallest absolute Gasteiger partial charge is 0.193 e. The van der Waals surface area contributed by atoms with Gasteiger partial charge in [0.2, 0.25) is 0 Å². The third-order valence-electron chi connectivity index (χ3n) is 1.51. The van der Waals surface area contributed by atoms with E-state index in [1.165, 1.54) is 4.90 Å². The number of benzene rings is 1. The molecule has 0 saturated heterocycles. The summed E-state index contributed by atoms with van der Waals surface area (Å²) in [6, 6.07) is 8.04. The minimum absolute atomic E-state index is 0.624. The Labute approximate surface area is 74.8 Å². The summed E-state index contributed by atoms with van der Waals surface area (Å²) in [7, 11) is 0. The van der Waals surface area contributed by atoms with Crippen LogP contribution in [-0.2, 0) is 4.74 Å². The van der Waals surface area contributed by atoms with E-state index in [9.17, 15) is 0 Å². The van der Waals surface area contributed by atoms with E-state index >= 15 is 0 Å². The van der Waals surface area contributed by atoms with Crippen molar-refractivity contribution in [2.45, 2.75) is 4.90 Å². The number of rotatable bonds is 0. The van der Waals surface area contributed by atoms with Crippen molar-refractivity contribution in [1.29, 1.82) is 0 Å². The molecule has 1 aliphatic rings. The van der Waals surface area contributed by atoms with E-state index in [1.54, 1.807) is 11.8 Å². The number of fused-ring (bicyclic) bond motifs is 1. The van der Waals surface area contributed by atoms with E-state index in [0.29, 0.717) is 11.0 Å². The highest BCUT2D eigenvalue weighted by Crippen LogP contribution is 2.28. The fourth-order valence-electron chi connectivity index (χ4n) is 0.985. The molecule has 0 N–H and O–H groups in total. The van der Waals surface area contributed by atoms with Crippen LogP contribution < -0.4 is 0 Å². The molecule has 0 spiro atoms. The van der Waals surface area contributed by atoms with Crippen LogP contribution in [0.25, 0.3) is 0 Å². The Bertz CT molecular complexity index is 296. The first-order valence-electron chi connectivity index (χ1n) is 3.27. The van der Waals surface area contributed by atoms with E-state index in [2.05, 4.69) is 6.07 Å². The Morgan fingerprint density at radius 2 is 2.18 bits per heavy atom. The van der Waals surface area contributed by atoms with Gasteiger partial charge in [-0.25, -0.2) is 0 Å². The zero-order valence-electron chi connectivity index (χ0n) is 5.74. The largest absolute Gasteiger partial charge is 0.472 e. The second-order valence-corrected chi connectivity index (χ2v) is 3.53. The first kappa shape index (κ1) is 7.13. The van der Waals surface area contributed by atoms with Gasteiger partial charge in [-0.2, -0.15) is 0 Å². The molecule has 0 aliphatic carbocycles. The second-order valence-electron chi connectivity index (χ2n) is 2.19. The molecule has 0 bridgehead atoms. The fraction of sp³-hybridized carbons (Fsp3) is 0.125. The van der Waals surface area contributed by atoms with Crippen molar-refractivity contribution in [2.24, 2.45) is 0 Å². The molecule has 11 heavy (non-hydrogen) atoms. The van der Waals surface area contributed by atoms with Crippen LogP contribution in [-0.4, -0.2) is 11.0 Å². The first-order valence-corrected chi connectivity index (χ1v) is 4.66. The van der Waals surface area contributed by atoms with Crippen LogP contribution >= 0.6 is 24.0 Å². The number of thiocarbonyl (C=S) groups is 1. The predicted octanol–water partition coefficient (Wildman–Crippen LogP) is 2.44. The van der Waals surface area contributed by atoms with Gasteiger partial charge in [0.1, 0.15) is 5.94 Å². The topological polar surface area (TPSA) is 9.23 Å². The average molecular weight is 182 g/mol. The maximum Gasteiger partial charge on any atom is 0.193 e. The van der Waals surface area contributed by atoms with Crippen molar-refractivity contribution in [2.75, 3.05) is 5.94 Å². The molecular weight excluding hydrogens is 176 g/mol. The summed E-state index contributed by atoms with van der Waals surface area (Å²) >= 11 is 6.71. The Kier molecular flexibility index (Phi) is 1.84. The summed E-state index contributed by atoms with van der Waals surface area (Å²) < 4.78 is 5.20. The van der Waals surface area contributed by atoms with Gasteiger partial charge in [0.15, 0.2) is 5.05 Å². The number of ether oxygens (including phenoxy) is 1. The molecule has 2 rings (SSSR count). The van der Waals surface area contributed by atoms with Gasteiger partial charge in [0, 0.05) is 10.5 Å². The van der Waals surface area contributed by atoms with Crippen molar-refractivity contribution in [3.05, 3.63) is 29.8 Å². The number of thioether (sulfide) groups is 1. The number of hydrogen-bond donors (Lipinski definition) is 0. The van der Waals surface area contributed by atoms with Crippen molar-refractivity contribution < 1.29 is 4.74 Å². The summed E-state index contributed by atoms with van der Waals surface area (Å²) in [6.07, 6.45) is 0. The van der Waals surface area contributed by atoms with Crippen molar-refractivity contribution in [3.63, 3.8) is 0 Å². The maximum atomic E-state index is 5.20. The highest BCUT2D eigenvalue weighted by molar-refractivity contribution is 7.99. The summed E-state index contributed by atoms with van der Waals surface area (Å²) in [5.41, 5.74) is 1.05. The van der Waals surface area contributed by atoms with Crippen LogP contribution in [0, 0.1) is 0 Å². The quantitative estimate of drug-likeness (QED) is 0.570. The lowest BCUT2D eigenvalue weighted by Gasteiger charge is -2.16. The SMILES string of the molecule is S=C1OCSc2ccccc21. The highest BCUT2D eigenvalue weighted by Gasteiger charge is 2.13. The van der Waals surface area contributed by atoms with Crippen LogP contribution in [0.15, 0.2) is 29.2 Å². The maximum absolute atomic E-state index is 5.20. The van der Waals surface area contributed by atoms with E-state index in [4.69, 9.17) is 17.0 Å². The molecule has 0 fully saturated rings. The minimum atomic E-state index is 0.624. The van der Waals surface area contributed by atoms with Gasteiger partial charge in [-0.1, -0.05) is 23.9 Å².